The number of amides is 1. The van der Waals surface area contributed by atoms with Crippen molar-refractivity contribution in [1.82, 2.24) is 15.0 Å². The predicted molar refractivity (Wildman–Crippen MR) is 136 cm³/mol. The molecule has 1 atom stereocenters. The molecule has 2 aliphatic heterocycles. The smallest absolute Gasteiger partial charge is 0.252 e. The van der Waals surface area contributed by atoms with Gasteiger partial charge in [-0.05, 0) is 50.1 Å². The van der Waals surface area contributed by atoms with E-state index < -0.39 is 5.91 Å². The largest absolute Gasteiger partial charge is 0.496 e. The van der Waals surface area contributed by atoms with Crippen molar-refractivity contribution in [2.45, 2.75) is 31.4 Å². The number of benzene rings is 1. The van der Waals surface area contributed by atoms with Gasteiger partial charge in [-0.3, -0.25) is 4.79 Å². The van der Waals surface area contributed by atoms with Gasteiger partial charge < -0.3 is 29.7 Å². The molecule has 188 valence electrons. The van der Waals surface area contributed by atoms with Crippen molar-refractivity contribution >= 4 is 28.7 Å². The second-order valence-electron chi connectivity index (χ2n) is 9.76. The molecule has 3 fully saturated rings. The number of fused-ring (bicyclic) bond motifs is 1. The van der Waals surface area contributed by atoms with E-state index in [1.54, 1.807) is 12.1 Å². The summed E-state index contributed by atoms with van der Waals surface area (Å²) in [7, 11) is 1.51. The molecule has 2 aromatic heterocycles. The molecule has 0 bridgehead atoms. The van der Waals surface area contributed by atoms with Crippen molar-refractivity contribution in [2.24, 2.45) is 5.73 Å². The third-order valence-electron chi connectivity index (χ3n) is 7.27. The molecule has 3 aromatic rings. The van der Waals surface area contributed by atoms with Crippen LogP contribution in [0.2, 0.25) is 0 Å². The van der Waals surface area contributed by atoms with Crippen LogP contribution in [0.15, 0.2) is 30.3 Å². The van der Waals surface area contributed by atoms with Crippen LogP contribution in [0.5, 0.6) is 5.75 Å². The molecular weight excluding hydrogens is 460 g/mol. The quantitative estimate of drug-likeness (QED) is 0.575. The molecule has 1 aliphatic carbocycles. The molecule has 36 heavy (non-hydrogen) atoms. The predicted octanol–water partition coefficient (Wildman–Crippen LogP) is 2.39. The first-order chi connectivity index (χ1) is 17.5. The van der Waals surface area contributed by atoms with Crippen LogP contribution >= 0.6 is 0 Å². The first kappa shape index (κ1) is 22.9. The maximum Gasteiger partial charge on any atom is 0.252 e. The van der Waals surface area contributed by atoms with Crippen molar-refractivity contribution < 1.29 is 19.0 Å². The van der Waals surface area contributed by atoms with E-state index in [4.69, 9.17) is 34.9 Å². The summed E-state index contributed by atoms with van der Waals surface area (Å²) < 4.78 is 17.0. The summed E-state index contributed by atoms with van der Waals surface area (Å²) in [6, 6.07) is 9.43. The van der Waals surface area contributed by atoms with Gasteiger partial charge in [0.05, 0.1) is 55.2 Å². The Bertz CT molecular complexity index is 1330. The van der Waals surface area contributed by atoms with Crippen molar-refractivity contribution in [2.75, 3.05) is 56.4 Å². The van der Waals surface area contributed by atoms with Crippen molar-refractivity contribution in [3.05, 3.63) is 35.9 Å². The lowest BCUT2D eigenvalue weighted by atomic mass is 10.1. The highest BCUT2D eigenvalue weighted by atomic mass is 16.5. The average Bonchev–Trinajstić information content (AvgIpc) is 3.65. The number of primary amides is 1. The number of hydrogen-bond donors (Lipinski definition) is 1. The molecule has 2 N–H and O–H groups in total. The lowest BCUT2D eigenvalue weighted by Crippen LogP contribution is -2.46. The Hall–Kier alpha value is -3.50. The van der Waals surface area contributed by atoms with Gasteiger partial charge in [-0.25, -0.2) is 4.98 Å². The van der Waals surface area contributed by atoms with Crippen LogP contribution in [0.25, 0.3) is 22.3 Å². The van der Waals surface area contributed by atoms with Crippen molar-refractivity contribution in [3.8, 4) is 17.0 Å². The topological polar surface area (TPSA) is 116 Å². The fraction of sp³-hybridized carbons (Fsp3) is 0.462. The normalized spacial score (nSPS) is 21.1. The van der Waals surface area contributed by atoms with Gasteiger partial charge in [0.1, 0.15) is 11.6 Å². The number of nitrogens with two attached hydrogens (primary N) is 1. The fourth-order valence-electron chi connectivity index (χ4n) is 5.06. The zero-order valence-corrected chi connectivity index (χ0v) is 20.6. The second kappa shape index (κ2) is 8.86. The van der Waals surface area contributed by atoms with Gasteiger partial charge in [0.25, 0.3) is 5.91 Å². The van der Waals surface area contributed by atoms with E-state index in [1.165, 1.54) is 7.11 Å². The summed E-state index contributed by atoms with van der Waals surface area (Å²) in [4.78, 5) is 31.4. The standard InChI is InChI=1S/C26H30N6O4/c1-16-14-35-11-10-32(16)24-18-4-5-20(17-3-6-21(34-2)19(13-17)22(27)33)28-23(18)29-25(30-24)31-9-12-36-26(15-31)7-8-26/h3-6,13,16H,7-12,14-15H2,1-2H3,(H2,27,33)/t16-/m0/s1. The Kier molecular flexibility index (Phi) is 5.65. The van der Waals surface area contributed by atoms with Crippen LogP contribution in [0.3, 0.4) is 0 Å². The number of methoxy groups -OCH3 is 1. The molecule has 1 saturated carbocycles. The molecule has 4 heterocycles. The summed E-state index contributed by atoms with van der Waals surface area (Å²) in [6.07, 6.45) is 2.15. The number of carbonyl (C=O) groups is 1. The van der Waals surface area contributed by atoms with E-state index in [-0.39, 0.29) is 11.6 Å². The molecule has 10 heteroatoms. The summed E-state index contributed by atoms with van der Waals surface area (Å²) in [5.74, 6) is 1.42. The second-order valence-corrected chi connectivity index (χ2v) is 9.76. The monoisotopic (exact) mass is 490 g/mol. The SMILES string of the molecule is COc1ccc(-c2ccc3c(N4CCOC[C@@H]4C)nc(N4CCOC5(CC5)C4)nc3n2)cc1C(N)=O. The van der Waals surface area contributed by atoms with Gasteiger partial charge >= 0.3 is 0 Å². The maximum absolute atomic E-state index is 12.0. The number of carbonyl (C=O) groups excluding carboxylic acids is 1. The van der Waals surface area contributed by atoms with Gasteiger partial charge in [-0.15, -0.1) is 0 Å². The molecule has 0 unspecified atom stereocenters. The summed E-state index contributed by atoms with van der Waals surface area (Å²) >= 11 is 0. The van der Waals surface area contributed by atoms with Crippen LogP contribution in [-0.4, -0.2) is 79.1 Å². The fourth-order valence-corrected chi connectivity index (χ4v) is 5.06. The number of anilines is 2. The first-order valence-corrected chi connectivity index (χ1v) is 12.4. The molecule has 2 saturated heterocycles. The van der Waals surface area contributed by atoms with E-state index in [2.05, 4.69) is 16.7 Å². The Labute approximate surface area is 209 Å². The lowest BCUT2D eigenvalue weighted by Gasteiger charge is -2.36. The van der Waals surface area contributed by atoms with Gasteiger partial charge in [-0.2, -0.15) is 9.97 Å². The molecule has 1 amide bonds. The maximum atomic E-state index is 12.0. The van der Waals surface area contributed by atoms with Crippen LogP contribution in [-0.2, 0) is 9.47 Å². The molecule has 1 spiro atoms. The Morgan fingerprint density at radius 1 is 1.14 bits per heavy atom. The van der Waals surface area contributed by atoms with Crippen LogP contribution < -0.4 is 20.3 Å². The Morgan fingerprint density at radius 2 is 2.00 bits per heavy atom. The van der Waals surface area contributed by atoms with Gasteiger partial charge in [0.2, 0.25) is 5.95 Å². The van der Waals surface area contributed by atoms with Crippen LogP contribution in [0.4, 0.5) is 11.8 Å². The highest BCUT2D eigenvalue weighted by molar-refractivity contribution is 5.97. The van der Waals surface area contributed by atoms with Gasteiger partial charge in [-0.1, -0.05) is 0 Å². The first-order valence-electron chi connectivity index (χ1n) is 12.4. The minimum absolute atomic E-state index is 0.0491. The molecule has 0 radical (unpaired) electrons. The van der Waals surface area contributed by atoms with Gasteiger partial charge in [0, 0.05) is 25.2 Å². The van der Waals surface area contributed by atoms with Crippen molar-refractivity contribution in [3.63, 3.8) is 0 Å². The number of nitrogens with zero attached hydrogens (tertiary/aromatic N) is 5. The van der Waals surface area contributed by atoms with E-state index in [0.717, 1.165) is 49.2 Å². The molecule has 3 aliphatic rings. The number of pyridine rings is 1. The lowest BCUT2D eigenvalue weighted by molar-refractivity contribution is 0.0201. The molecular formula is C26H30N6O4. The number of hydrogen-bond acceptors (Lipinski definition) is 9. The zero-order valence-electron chi connectivity index (χ0n) is 20.6. The highest BCUT2D eigenvalue weighted by Gasteiger charge is 2.48. The van der Waals surface area contributed by atoms with E-state index in [9.17, 15) is 4.79 Å². The summed E-state index contributed by atoms with van der Waals surface area (Å²) in [5, 5.41) is 0.884. The van der Waals surface area contributed by atoms with E-state index in [1.807, 2.05) is 18.2 Å². The van der Waals surface area contributed by atoms with E-state index in [0.29, 0.717) is 48.4 Å². The number of rotatable bonds is 5. The van der Waals surface area contributed by atoms with Crippen LogP contribution in [0, 0.1) is 0 Å². The molecule has 10 nitrogen and oxygen atoms in total. The number of morpholine rings is 2. The highest BCUT2D eigenvalue weighted by Crippen LogP contribution is 2.43. The third-order valence-corrected chi connectivity index (χ3v) is 7.27. The van der Waals surface area contributed by atoms with Crippen LogP contribution in [0.1, 0.15) is 30.1 Å². The number of ether oxygens (including phenoxy) is 3. The Morgan fingerprint density at radius 3 is 2.75 bits per heavy atom. The number of aromatic nitrogens is 3. The summed E-state index contributed by atoms with van der Waals surface area (Å²) in [6.45, 7) is 6.39. The Balaban J connectivity index is 1.46. The minimum atomic E-state index is -0.552. The zero-order chi connectivity index (χ0) is 24.9. The van der Waals surface area contributed by atoms with Gasteiger partial charge in [0.15, 0.2) is 5.65 Å². The third kappa shape index (κ3) is 4.10. The molecule has 1 aromatic carbocycles. The summed E-state index contributed by atoms with van der Waals surface area (Å²) in [5.41, 5.74) is 7.91. The van der Waals surface area contributed by atoms with Crippen molar-refractivity contribution in [1.29, 1.82) is 0 Å². The molecule has 6 rings (SSSR count). The van der Waals surface area contributed by atoms with E-state index >= 15 is 0 Å². The average molecular weight is 491 g/mol. The minimum Gasteiger partial charge on any atom is -0.496 e.